The molecule has 3 rings (SSSR count). The Balaban J connectivity index is 2.11. The van der Waals surface area contributed by atoms with Crippen molar-refractivity contribution in [1.29, 1.82) is 0 Å². The first kappa shape index (κ1) is 18.9. The molecular formula is C21H21N3O2S. The van der Waals surface area contributed by atoms with Gasteiger partial charge < -0.3 is 9.64 Å². The monoisotopic (exact) mass is 379 g/mol. The van der Waals surface area contributed by atoms with Crippen LogP contribution >= 0.6 is 11.8 Å². The van der Waals surface area contributed by atoms with E-state index in [1.54, 1.807) is 13.1 Å². The fourth-order valence-corrected chi connectivity index (χ4v) is 3.01. The Kier molecular flexibility index (Phi) is 6.44. The molecule has 0 aliphatic rings. The molecule has 0 amide bonds. The molecule has 0 radical (unpaired) electrons. The van der Waals surface area contributed by atoms with Crippen molar-refractivity contribution in [2.75, 3.05) is 17.8 Å². The van der Waals surface area contributed by atoms with Gasteiger partial charge in [0.1, 0.15) is 5.56 Å². The van der Waals surface area contributed by atoms with Crippen LogP contribution in [0, 0.1) is 0 Å². The number of esters is 1. The SMILES string of the molecule is CCOC(=O)c1cnc(SC)nc1N(Cc1ccccc1)c1ccccc1. The minimum Gasteiger partial charge on any atom is -0.462 e. The highest BCUT2D eigenvalue weighted by Gasteiger charge is 2.22. The summed E-state index contributed by atoms with van der Waals surface area (Å²) in [6.45, 7) is 2.66. The highest BCUT2D eigenvalue weighted by atomic mass is 32.2. The Labute approximate surface area is 163 Å². The largest absolute Gasteiger partial charge is 0.462 e. The summed E-state index contributed by atoms with van der Waals surface area (Å²) in [5.41, 5.74) is 2.41. The van der Waals surface area contributed by atoms with Crippen molar-refractivity contribution < 1.29 is 9.53 Å². The number of benzene rings is 2. The average molecular weight is 379 g/mol. The second-order valence-electron chi connectivity index (χ2n) is 5.72. The predicted molar refractivity (Wildman–Crippen MR) is 108 cm³/mol. The van der Waals surface area contributed by atoms with Crippen molar-refractivity contribution in [2.24, 2.45) is 0 Å². The van der Waals surface area contributed by atoms with E-state index in [1.165, 1.54) is 11.8 Å². The molecule has 0 aliphatic carbocycles. The third kappa shape index (κ3) is 4.65. The van der Waals surface area contributed by atoms with Gasteiger partial charge in [-0.3, -0.25) is 0 Å². The summed E-state index contributed by atoms with van der Waals surface area (Å²) in [7, 11) is 0. The van der Waals surface area contributed by atoms with Crippen molar-refractivity contribution in [2.45, 2.75) is 18.6 Å². The standard InChI is InChI=1S/C21H21N3O2S/c1-3-26-20(25)18-14-22-21(27-2)23-19(18)24(17-12-8-5-9-13-17)15-16-10-6-4-7-11-16/h4-14H,3,15H2,1-2H3. The summed E-state index contributed by atoms with van der Waals surface area (Å²) in [5, 5.41) is 0.604. The number of aromatic nitrogens is 2. The van der Waals surface area contributed by atoms with Gasteiger partial charge in [-0.15, -0.1) is 0 Å². The van der Waals surface area contributed by atoms with E-state index in [0.717, 1.165) is 11.3 Å². The third-order valence-corrected chi connectivity index (χ3v) is 4.49. The van der Waals surface area contributed by atoms with Crippen molar-refractivity contribution in [3.05, 3.63) is 78.0 Å². The van der Waals surface area contributed by atoms with Gasteiger partial charge in [0.05, 0.1) is 6.61 Å². The van der Waals surface area contributed by atoms with E-state index in [0.29, 0.717) is 29.7 Å². The molecule has 2 aromatic carbocycles. The lowest BCUT2D eigenvalue weighted by atomic mass is 10.1. The van der Waals surface area contributed by atoms with Crippen LogP contribution in [0.15, 0.2) is 72.0 Å². The first-order valence-corrected chi connectivity index (χ1v) is 9.90. The van der Waals surface area contributed by atoms with Crippen molar-refractivity contribution in [1.82, 2.24) is 9.97 Å². The lowest BCUT2D eigenvalue weighted by molar-refractivity contribution is 0.0526. The van der Waals surface area contributed by atoms with E-state index in [4.69, 9.17) is 4.74 Å². The van der Waals surface area contributed by atoms with E-state index >= 15 is 0 Å². The maximum atomic E-state index is 12.5. The van der Waals surface area contributed by atoms with Crippen LogP contribution < -0.4 is 4.90 Å². The Bertz CT molecular complexity index is 888. The number of carbonyl (C=O) groups excluding carboxylic acids is 1. The number of carbonyl (C=O) groups is 1. The van der Waals surface area contributed by atoms with E-state index in [-0.39, 0.29) is 0 Å². The molecule has 0 bridgehead atoms. The minimum absolute atomic E-state index is 0.298. The van der Waals surface area contributed by atoms with E-state index in [2.05, 4.69) is 22.1 Å². The third-order valence-electron chi connectivity index (χ3n) is 3.93. The van der Waals surface area contributed by atoms with Crippen LogP contribution in [0.1, 0.15) is 22.8 Å². The van der Waals surface area contributed by atoms with Crippen LogP contribution in [0.25, 0.3) is 0 Å². The quantitative estimate of drug-likeness (QED) is 0.336. The Morgan fingerprint density at radius 1 is 1.07 bits per heavy atom. The number of para-hydroxylation sites is 1. The molecule has 0 spiro atoms. The topological polar surface area (TPSA) is 55.3 Å². The maximum Gasteiger partial charge on any atom is 0.343 e. The number of thioether (sulfide) groups is 1. The molecule has 0 N–H and O–H groups in total. The van der Waals surface area contributed by atoms with Crippen molar-refractivity contribution in [3.8, 4) is 0 Å². The van der Waals surface area contributed by atoms with Gasteiger partial charge in [-0.2, -0.15) is 0 Å². The fraction of sp³-hybridized carbons (Fsp3) is 0.190. The van der Waals surface area contributed by atoms with Crippen LogP contribution in [-0.4, -0.2) is 28.8 Å². The maximum absolute atomic E-state index is 12.5. The number of ether oxygens (including phenoxy) is 1. The smallest absolute Gasteiger partial charge is 0.343 e. The van der Waals surface area contributed by atoms with Crippen LogP contribution in [0.3, 0.4) is 0 Å². The van der Waals surface area contributed by atoms with E-state index in [1.807, 2.05) is 59.7 Å². The molecule has 5 nitrogen and oxygen atoms in total. The zero-order chi connectivity index (χ0) is 19.1. The molecule has 6 heteroatoms. The van der Waals surface area contributed by atoms with Gasteiger partial charge in [0.15, 0.2) is 11.0 Å². The van der Waals surface area contributed by atoms with Gasteiger partial charge >= 0.3 is 5.97 Å². The summed E-state index contributed by atoms with van der Waals surface area (Å²) in [6, 6.07) is 20.0. The van der Waals surface area contributed by atoms with Crippen LogP contribution in [0.2, 0.25) is 0 Å². The molecule has 0 fully saturated rings. The van der Waals surface area contributed by atoms with Gasteiger partial charge in [-0.1, -0.05) is 60.3 Å². The lowest BCUT2D eigenvalue weighted by Crippen LogP contribution is -2.22. The molecule has 0 atom stereocenters. The summed E-state index contributed by atoms with van der Waals surface area (Å²) < 4.78 is 5.23. The highest BCUT2D eigenvalue weighted by Crippen LogP contribution is 2.30. The Morgan fingerprint density at radius 2 is 1.74 bits per heavy atom. The second-order valence-corrected chi connectivity index (χ2v) is 6.50. The lowest BCUT2D eigenvalue weighted by Gasteiger charge is -2.26. The molecule has 0 aliphatic heterocycles. The zero-order valence-electron chi connectivity index (χ0n) is 15.3. The summed E-state index contributed by atoms with van der Waals surface area (Å²) >= 11 is 1.43. The summed E-state index contributed by atoms with van der Waals surface area (Å²) in [5.74, 6) is 0.122. The Morgan fingerprint density at radius 3 is 2.37 bits per heavy atom. The molecule has 3 aromatic rings. The van der Waals surface area contributed by atoms with Gasteiger partial charge in [0.2, 0.25) is 0 Å². The van der Waals surface area contributed by atoms with Gasteiger partial charge in [0, 0.05) is 18.4 Å². The molecule has 0 saturated carbocycles. The van der Waals surface area contributed by atoms with Crippen molar-refractivity contribution >= 4 is 29.2 Å². The van der Waals surface area contributed by atoms with E-state index < -0.39 is 5.97 Å². The first-order valence-electron chi connectivity index (χ1n) is 8.67. The molecule has 27 heavy (non-hydrogen) atoms. The number of hydrogen-bond donors (Lipinski definition) is 0. The number of rotatable bonds is 7. The van der Waals surface area contributed by atoms with Gasteiger partial charge in [-0.25, -0.2) is 14.8 Å². The fourth-order valence-electron chi connectivity index (χ4n) is 2.68. The number of nitrogens with zero attached hydrogens (tertiary/aromatic N) is 3. The van der Waals surface area contributed by atoms with Crippen molar-refractivity contribution in [3.63, 3.8) is 0 Å². The molecule has 0 unspecified atom stereocenters. The molecule has 1 heterocycles. The Hall–Kier alpha value is -2.86. The summed E-state index contributed by atoms with van der Waals surface area (Å²) in [6.07, 6.45) is 3.46. The number of anilines is 2. The average Bonchev–Trinajstić information content (AvgIpc) is 2.73. The van der Waals surface area contributed by atoms with Gasteiger partial charge in [0.25, 0.3) is 0 Å². The summed E-state index contributed by atoms with van der Waals surface area (Å²) in [4.78, 5) is 23.4. The predicted octanol–water partition coefficient (Wildman–Crippen LogP) is 4.71. The highest BCUT2D eigenvalue weighted by molar-refractivity contribution is 7.98. The molecule has 1 aromatic heterocycles. The minimum atomic E-state index is -0.422. The number of hydrogen-bond acceptors (Lipinski definition) is 6. The second kappa shape index (κ2) is 9.19. The zero-order valence-corrected chi connectivity index (χ0v) is 16.1. The van der Waals surface area contributed by atoms with Gasteiger partial charge in [-0.05, 0) is 30.9 Å². The molecule has 0 saturated heterocycles. The molecular weight excluding hydrogens is 358 g/mol. The van der Waals surface area contributed by atoms with Crippen LogP contribution in [-0.2, 0) is 11.3 Å². The van der Waals surface area contributed by atoms with Crippen LogP contribution in [0.5, 0.6) is 0 Å². The first-order chi connectivity index (χ1) is 13.2. The van der Waals surface area contributed by atoms with Crippen LogP contribution in [0.4, 0.5) is 11.5 Å². The normalized spacial score (nSPS) is 10.4. The molecule has 138 valence electrons. The van der Waals surface area contributed by atoms with E-state index in [9.17, 15) is 4.79 Å².